The Kier molecular flexibility index (Phi) is 8.71. The standard InChI is InChI=1S/C34H35FN6O6S/c1-20-29-31(43)40(26-11-14-38(2)30(26)42)34(44)39(33(29)48-32(20)41-36-12-13-37-41)18-28(25-15-22(35)9-10-27(25)45-3)47-24-16-23(17-24)46-19-21-7-5-4-6-8-21/h4-10,12-13,15,23-24,26,28H,11,14,16-19H2,1-3H3/t23?,24?,26-,28+/m1/s1. The average molecular weight is 675 g/mol. The fraction of sp³-hybridized carbons (Fsp3) is 0.382. The molecular formula is C34H35FN6O6S. The molecule has 1 aliphatic carbocycles. The van der Waals surface area contributed by atoms with E-state index in [4.69, 9.17) is 14.2 Å². The van der Waals surface area contributed by atoms with Gasteiger partial charge in [0.05, 0.1) is 50.2 Å². The molecule has 1 amide bonds. The molecule has 2 fully saturated rings. The highest BCUT2D eigenvalue weighted by atomic mass is 32.1. The second-order valence-corrected chi connectivity index (χ2v) is 13.2. The highest BCUT2D eigenvalue weighted by Crippen LogP contribution is 2.38. The topological polar surface area (TPSA) is 123 Å². The zero-order valence-electron chi connectivity index (χ0n) is 26.7. The zero-order chi connectivity index (χ0) is 33.5. The second kappa shape index (κ2) is 13.1. The number of carbonyl (C=O) groups excluding carboxylic acids is 1. The summed E-state index contributed by atoms with van der Waals surface area (Å²) in [6.07, 6.45) is 3.49. The molecule has 250 valence electrons. The van der Waals surface area contributed by atoms with E-state index >= 15 is 0 Å². The van der Waals surface area contributed by atoms with Crippen LogP contribution in [0.3, 0.4) is 0 Å². The number of methoxy groups -OCH3 is 1. The van der Waals surface area contributed by atoms with Crippen molar-refractivity contribution in [3.05, 3.63) is 104 Å². The van der Waals surface area contributed by atoms with Gasteiger partial charge in [0, 0.05) is 37.6 Å². The lowest BCUT2D eigenvalue weighted by atomic mass is 9.91. The lowest BCUT2D eigenvalue weighted by Gasteiger charge is -2.37. The minimum atomic E-state index is -0.951. The van der Waals surface area contributed by atoms with Gasteiger partial charge in [0.15, 0.2) is 0 Å². The smallest absolute Gasteiger partial charge is 0.332 e. The van der Waals surface area contributed by atoms with Crippen LogP contribution in [0.15, 0.2) is 70.5 Å². The summed E-state index contributed by atoms with van der Waals surface area (Å²) in [6, 6.07) is 13.1. The molecule has 0 bridgehead atoms. The molecule has 2 aromatic carbocycles. The Labute approximate surface area is 278 Å². The number of rotatable bonds is 11. The van der Waals surface area contributed by atoms with Crippen LogP contribution in [0.1, 0.15) is 48.1 Å². The van der Waals surface area contributed by atoms with Crippen molar-refractivity contribution >= 4 is 27.5 Å². The van der Waals surface area contributed by atoms with Gasteiger partial charge in [0.2, 0.25) is 5.91 Å². The SMILES string of the molecule is COc1ccc(F)cc1[C@H](Cn1c(=O)n([C@@H]2CCN(C)C2=O)c(=O)c2c(C)c(-n3nccn3)sc21)OC1CC(OCc2ccccc2)C1. The van der Waals surface area contributed by atoms with Crippen LogP contribution in [0.25, 0.3) is 15.2 Å². The van der Waals surface area contributed by atoms with Gasteiger partial charge in [0.1, 0.15) is 33.5 Å². The molecule has 1 saturated carbocycles. The van der Waals surface area contributed by atoms with Crippen molar-refractivity contribution in [2.24, 2.45) is 0 Å². The number of likely N-dealkylation sites (N-methyl/N-ethyl adjacent to an activating group) is 1. The fourth-order valence-corrected chi connectivity index (χ4v) is 7.69. The first-order chi connectivity index (χ1) is 23.2. The van der Waals surface area contributed by atoms with Crippen molar-refractivity contribution in [3.8, 4) is 10.8 Å². The molecular weight excluding hydrogens is 639 g/mol. The van der Waals surface area contributed by atoms with E-state index in [1.54, 1.807) is 14.0 Å². The predicted octanol–water partition coefficient (Wildman–Crippen LogP) is 4.17. The van der Waals surface area contributed by atoms with E-state index in [2.05, 4.69) is 10.2 Å². The molecule has 0 unspecified atom stereocenters. The predicted molar refractivity (Wildman–Crippen MR) is 176 cm³/mol. The molecule has 0 N–H and O–H groups in total. The second-order valence-electron chi connectivity index (χ2n) is 12.2. The molecule has 2 aliphatic rings. The van der Waals surface area contributed by atoms with E-state index in [9.17, 15) is 18.8 Å². The number of hydrogen-bond donors (Lipinski definition) is 0. The maximum Gasteiger partial charge on any atom is 0.332 e. The number of aryl methyl sites for hydroxylation is 1. The van der Waals surface area contributed by atoms with Crippen molar-refractivity contribution in [2.75, 3.05) is 20.7 Å². The third kappa shape index (κ3) is 5.84. The summed E-state index contributed by atoms with van der Waals surface area (Å²) in [4.78, 5) is 45.0. The van der Waals surface area contributed by atoms with Gasteiger partial charge in [0.25, 0.3) is 5.56 Å². The fourth-order valence-electron chi connectivity index (χ4n) is 6.47. The van der Waals surface area contributed by atoms with Gasteiger partial charge < -0.3 is 19.1 Å². The number of hydrogen-bond acceptors (Lipinski definition) is 9. The van der Waals surface area contributed by atoms with Crippen molar-refractivity contribution < 1.29 is 23.4 Å². The number of carbonyl (C=O) groups is 1. The van der Waals surface area contributed by atoms with Crippen molar-refractivity contribution in [2.45, 2.75) is 63.7 Å². The molecule has 2 atom stereocenters. The number of benzene rings is 2. The minimum Gasteiger partial charge on any atom is -0.496 e. The van der Waals surface area contributed by atoms with Crippen LogP contribution in [0.2, 0.25) is 0 Å². The molecule has 5 aromatic rings. The van der Waals surface area contributed by atoms with Crippen LogP contribution in [0.5, 0.6) is 5.75 Å². The summed E-state index contributed by atoms with van der Waals surface area (Å²) in [7, 11) is 3.14. The normalized spacial score (nSPS) is 20.0. The Morgan fingerprint density at radius 1 is 1.04 bits per heavy atom. The lowest BCUT2D eigenvalue weighted by molar-refractivity contribution is -0.134. The number of aromatic nitrogens is 5. The van der Waals surface area contributed by atoms with Crippen LogP contribution in [-0.2, 0) is 27.4 Å². The Morgan fingerprint density at radius 2 is 1.79 bits per heavy atom. The first kappa shape index (κ1) is 31.9. The number of thiophene rings is 1. The number of fused-ring (bicyclic) bond motifs is 1. The summed E-state index contributed by atoms with van der Waals surface area (Å²) < 4.78 is 35.6. The van der Waals surface area contributed by atoms with Crippen LogP contribution in [0, 0.1) is 12.7 Å². The van der Waals surface area contributed by atoms with Gasteiger partial charge in [-0.3, -0.25) is 14.2 Å². The lowest BCUT2D eigenvalue weighted by Crippen LogP contribution is -2.45. The molecule has 48 heavy (non-hydrogen) atoms. The number of halogens is 1. The summed E-state index contributed by atoms with van der Waals surface area (Å²) in [5.41, 5.74) is 0.874. The van der Waals surface area contributed by atoms with Gasteiger partial charge in [-0.15, -0.1) is 4.80 Å². The zero-order valence-corrected chi connectivity index (χ0v) is 27.6. The maximum atomic E-state index is 14.8. The first-order valence-corrected chi connectivity index (χ1v) is 16.6. The van der Waals surface area contributed by atoms with Gasteiger partial charge in [-0.25, -0.2) is 13.8 Å². The van der Waals surface area contributed by atoms with Crippen molar-refractivity contribution in [1.29, 1.82) is 0 Å². The summed E-state index contributed by atoms with van der Waals surface area (Å²) in [5.74, 6) is -0.401. The monoisotopic (exact) mass is 674 g/mol. The molecule has 14 heteroatoms. The Hall–Kier alpha value is -4.66. The Bertz CT molecular complexity index is 2070. The number of likely N-dealkylation sites (tertiary alicyclic amines) is 1. The van der Waals surface area contributed by atoms with Gasteiger partial charge in [-0.2, -0.15) is 10.2 Å². The first-order valence-electron chi connectivity index (χ1n) is 15.8. The van der Waals surface area contributed by atoms with E-state index in [0.29, 0.717) is 59.1 Å². The van der Waals surface area contributed by atoms with Crippen LogP contribution < -0.4 is 16.0 Å². The Morgan fingerprint density at radius 3 is 2.48 bits per heavy atom. The van der Waals surface area contributed by atoms with Crippen LogP contribution in [-0.4, -0.2) is 67.8 Å². The van der Waals surface area contributed by atoms with E-state index in [1.807, 2.05) is 30.3 Å². The van der Waals surface area contributed by atoms with E-state index in [0.717, 1.165) is 10.1 Å². The molecule has 1 saturated heterocycles. The molecule has 12 nitrogen and oxygen atoms in total. The third-order valence-corrected chi connectivity index (χ3v) is 10.4. The number of ether oxygens (including phenoxy) is 3. The third-order valence-electron chi connectivity index (χ3n) is 9.15. The molecule has 0 spiro atoms. The van der Waals surface area contributed by atoms with Crippen LogP contribution >= 0.6 is 11.3 Å². The molecule has 0 radical (unpaired) electrons. The van der Waals surface area contributed by atoms with Gasteiger partial charge in [-0.05, 0) is 37.1 Å². The van der Waals surface area contributed by atoms with Crippen molar-refractivity contribution in [3.63, 3.8) is 0 Å². The Balaban J connectivity index is 1.29. The minimum absolute atomic E-state index is 0.0176. The van der Waals surface area contributed by atoms with Gasteiger partial charge in [-0.1, -0.05) is 41.7 Å². The molecule has 4 heterocycles. The van der Waals surface area contributed by atoms with E-state index in [-0.39, 0.29) is 30.0 Å². The number of amides is 1. The summed E-state index contributed by atoms with van der Waals surface area (Å²) >= 11 is 1.19. The van der Waals surface area contributed by atoms with Crippen molar-refractivity contribution in [1.82, 2.24) is 29.0 Å². The highest BCUT2D eigenvalue weighted by molar-refractivity contribution is 7.21. The molecule has 3 aromatic heterocycles. The quantitative estimate of drug-likeness (QED) is 0.205. The highest BCUT2D eigenvalue weighted by Gasteiger charge is 2.37. The molecule has 1 aliphatic heterocycles. The number of nitrogens with zero attached hydrogens (tertiary/aromatic N) is 6. The van der Waals surface area contributed by atoms with E-state index < -0.39 is 29.2 Å². The van der Waals surface area contributed by atoms with Crippen LogP contribution in [0.4, 0.5) is 4.39 Å². The summed E-state index contributed by atoms with van der Waals surface area (Å²) in [6.45, 7) is 2.59. The largest absolute Gasteiger partial charge is 0.496 e. The maximum absolute atomic E-state index is 14.8. The van der Waals surface area contributed by atoms with E-state index in [1.165, 1.54) is 63.3 Å². The average Bonchev–Trinajstić information content (AvgIpc) is 3.80. The van der Waals surface area contributed by atoms with Gasteiger partial charge >= 0.3 is 5.69 Å². The molecule has 7 rings (SSSR count). The summed E-state index contributed by atoms with van der Waals surface area (Å²) in [5, 5.41) is 9.35.